The zero-order valence-corrected chi connectivity index (χ0v) is 12.3. The molecule has 3 nitrogen and oxygen atoms in total. The molecule has 4 heteroatoms. The largest absolute Gasteiger partial charge is 0.383 e. The van der Waals surface area contributed by atoms with Crippen LogP contribution in [0.2, 0.25) is 0 Å². The zero-order chi connectivity index (χ0) is 12.9. The maximum Gasteiger partial charge on any atom is 0.166 e. The third kappa shape index (κ3) is 5.68. The van der Waals surface area contributed by atoms with Gasteiger partial charge in [0.2, 0.25) is 0 Å². The topological polar surface area (TPSA) is 33.3 Å². The van der Waals surface area contributed by atoms with E-state index >= 15 is 0 Å². The molecule has 1 atom stereocenters. The van der Waals surface area contributed by atoms with Crippen molar-refractivity contribution in [2.75, 3.05) is 13.7 Å². The van der Waals surface area contributed by atoms with Crippen LogP contribution in [-0.2, 0) is 4.74 Å². The number of hydrogen-bond acceptors (Lipinski definition) is 2. The van der Waals surface area contributed by atoms with E-state index in [9.17, 15) is 0 Å². The number of methoxy groups -OCH3 is 1. The summed E-state index contributed by atoms with van der Waals surface area (Å²) < 4.78 is 5.07. The van der Waals surface area contributed by atoms with Crippen molar-refractivity contribution in [2.24, 2.45) is 5.41 Å². The van der Waals surface area contributed by atoms with Gasteiger partial charge >= 0.3 is 0 Å². The van der Waals surface area contributed by atoms with Crippen LogP contribution in [0.3, 0.4) is 0 Å². The predicted molar refractivity (Wildman–Crippen MR) is 76.2 cm³/mol. The molecule has 1 rings (SSSR count). The van der Waals surface area contributed by atoms with E-state index in [1.165, 1.54) is 25.7 Å². The molecule has 1 unspecified atom stereocenters. The van der Waals surface area contributed by atoms with Crippen molar-refractivity contribution in [1.82, 2.24) is 10.6 Å². The summed E-state index contributed by atoms with van der Waals surface area (Å²) in [6.45, 7) is 7.45. The van der Waals surface area contributed by atoms with Crippen molar-refractivity contribution >= 4 is 17.3 Å². The van der Waals surface area contributed by atoms with Gasteiger partial charge in [-0.05, 0) is 50.2 Å². The normalized spacial score (nSPS) is 21.9. The van der Waals surface area contributed by atoms with Gasteiger partial charge in [-0.1, -0.05) is 13.8 Å². The lowest BCUT2D eigenvalue weighted by Gasteiger charge is -2.35. The number of hydrogen-bond donors (Lipinski definition) is 2. The van der Waals surface area contributed by atoms with Crippen LogP contribution in [0, 0.1) is 5.41 Å². The zero-order valence-electron chi connectivity index (χ0n) is 11.5. The summed E-state index contributed by atoms with van der Waals surface area (Å²) in [7, 11) is 1.71. The van der Waals surface area contributed by atoms with Gasteiger partial charge < -0.3 is 15.4 Å². The Labute approximate surface area is 111 Å². The molecule has 1 aliphatic carbocycles. The summed E-state index contributed by atoms with van der Waals surface area (Å²) in [4.78, 5) is 0. The van der Waals surface area contributed by atoms with Crippen molar-refractivity contribution < 1.29 is 4.74 Å². The highest BCUT2D eigenvalue weighted by molar-refractivity contribution is 7.80. The van der Waals surface area contributed by atoms with Crippen LogP contribution >= 0.6 is 12.2 Å². The third-order valence-corrected chi connectivity index (χ3v) is 3.70. The molecule has 0 bridgehead atoms. The second-order valence-corrected chi connectivity index (χ2v) is 6.32. The second-order valence-electron chi connectivity index (χ2n) is 5.91. The summed E-state index contributed by atoms with van der Waals surface area (Å²) in [5, 5.41) is 7.42. The Morgan fingerprint density at radius 3 is 2.53 bits per heavy atom. The Morgan fingerprint density at radius 2 is 2.00 bits per heavy atom. The minimum Gasteiger partial charge on any atom is -0.383 e. The van der Waals surface area contributed by atoms with Crippen molar-refractivity contribution in [2.45, 2.75) is 58.5 Å². The van der Waals surface area contributed by atoms with Crippen LogP contribution in [-0.4, -0.2) is 30.9 Å². The highest BCUT2D eigenvalue weighted by Crippen LogP contribution is 2.34. The first-order valence-electron chi connectivity index (χ1n) is 6.49. The van der Waals surface area contributed by atoms with E-state index in [0.717, 1.165) is 5.11 Å². The standard InChI is InChI=1S/C13H26N2OS/c1-10(9-16-4)14-12(17)15-11-5-7-13(2,3)8-6-11/h10-11H,5-9H2,1-4H3,(H2,14,15,17). The Kier molecular flexibility index (Phi) is 5.67. The van der Waals surface area contributed by atoms with Gasteiger partial charge in [-0.25, -0.2) is 0 Å². The Morgan fingerprint density at radius 1 is 1.41 bits per heavy atom. The summed E-state index contributed by atoms with van der Waals surface area (Å²) in [6.07, 6.45) is 4.99. The molecule has 2 N–H and O–H groups in total. The molecule has 17 heavy (non-hydrogen) atoms. The summed E-state index contributed by atoms with van der Waals surface area (Å²) >= 11 is 5.30. The average Bonchev–Trinajstić information content (AvgIpc) is 2.21. The molecule has 0 aromatic carbocycles. The number of ether oxygens (including phenoxy) is 1. The quantitative estimate of drug-likeness (QED) is 0.759. The van der Waals surface area contributed by atoms with Crippen LogP contribution in [0.5, 0.6) is 0 Å². The van der Waals surface area contributed by atoms with Crippen LogP contribution in [0.15, 0.2) is 0 Å². The molecular formula is C13H26N2OS. The highest BCUT2D eigenvalue weighted by atomic mass is 32.1. The van der Waals surface area contributed by atoms with E-state index in [-0.39, 0.29) is 6.04 Å². The molecule has 1 aliphatic rings. The van der Waals surface area contributed by atoms with Gasteiger partial charge in [-0.15, -0.1) is 0 Å². The molecule has 0 saturated heterocycles. The molecule has 0 aliphatic heterocycles. The first-order chi connectivity index (χ1) is 7.93. The first kappa shape index (κ1) is 14.7. The van der Waals surface area contributed by atoms with Crippen molar-refractivity contribution in [3.05, 3.63) is 0 Å². The molecule has 100 valence electrons. The molecule has 0 radical (unpaired) electrons. The van der Waals surface area contributed by atoms with Gasteiger partial charge in [-0.2, -0.15) is 0 Å². The summed E-state index contributed by atoms with van der Waals surface area (Å²) in [6, 6.07) is 0.804. The summed E-state index contributed by atoms with van der Waals surface area (Å²) in [5.41, 5.74) is 0.510. The van der Waals surface area contributed by atoms with E-state index in [1.807, 2.05) is 0 Å². The van der Waals surface area contributed by atoms with E-state index in [2.05, 4.69) is 31.4 Å². The van der Waals surface area contributed by atoms with Crippen LogP contribution < -0.4 is 10.6 Å². The highest BCUT2D eigenvalue weighted by Gasteiger charge is 2.26. The molecule has 0 heterocycles. The number of thiocarbonyl (C=S) groups is 1. The molecular weight excluding hydrogens is 232 g/mol. The maximum absolute atomic E-state index is 5.30. The maximum atomic E-state index is 5.30. The van der Waals surface area contributed by atoms with Gasteiger partial charge in [0.15, 0.2) is 5.11 Å². The monoisotopic (exact) mass is 258 g/mol. The van der Waals surface area contributed by atoms with E-state index in [1.54, 1.807) is 7.11 Å². The van der Waals surface area contributed by atoms with E-state index in [0.29, 0.717) is 18.1 Å². The Bertz CT molecular complexity index is 246. The predicted octanol–water partition coefficient (Wildman–Crippen LogP) is 2.45. The van der Waals surface area contributed by atoms with Gasteiger partial charge in [0.05, 0.1) is 6.61 Å². The lowest BCUT2D eigenvalue weighted by atomic mass is 9.76. The van der Waals surface area contributed by atoms with Crippen molar-refractivity contribution in [1.29, 1.82) is 0 Å². The molecule has 0 spiro atoms. The van der Waals surface area contributed by atoms with Gasteiger partial charge in [0, 0.05) is 19.2 Å². The van der Waals surface area contributed by atoms with Crippen molar-refractivity contribution in [3.63, 3.8) is 0 Å². The molecule has 0 aromatic heterocycles. The minimum absolute atomic E-state index is 0.264. The van der Waals surface area contributed by atoms with Crippen LogP contribution in [0.25, 0.3) is 0 Å². The van der Waals surface area contributed by atoms with Gasteiger partial charge in [0.25, 0.3) is 0 Å². The SMILES string of the molecule is COCC(C)NC(=S)NC1CCC(C)(C)CC1. The van der Waals surface area contributed by atoms with Gasteiger partial charge in [0.1, 0.15) is 0 Å². The van der Waals surface area contributed by atoms with Crippen molar-refractivity contribution in [3.8, 4) is 0 Å². The molecule has 1 fully saturated rings. The lowest BCUT2D eigenvalue weighted by Crippen LogP contribution is -2.47. The first-order valence-corrected chi connectivity index (χ1v) is 6.90. The second kappa shape index (κ2) is 6.55. The van der Waals surface area contributed by atoms with Gasteiger partial charge in [-0.3, -0.25) is 0 Å². The lowest BCUT2D eigenvalue weighted by molar-refractivity contribution is 0.178. The Hall–Kier alpha value is -0.350. The fraction of sp³-hybridized carbons (Fsp3) is 0.923. The average molecular weight is 258 g/mol. The van der Waals surface area contributed by atoms with E-state index in [4.69, 9.17) is 17.0 Å². The molecule has 1 saturated carbocycles. The third-order valence-electron chi connectivity index (χ3n) is 3.47. The number of rotatable bonds is 4. The number of nitrogens with one attached hydrogen (secondary N) is 2. The molecule has 0 aromatic rings. The van der Waals surface area contributed by atoms with Crippen LogP contribution in [0.1, 0.15) is 46.5 Å². The van der Waals surface area contributed by atoms with Crippen LogP contribution in [0.4, 0.5) is 0 Å². The smallest absolute Gasteiger partial charge is 0.166 e. The van der Waals surface area contributed by atoms with E-state index < -0.39 is 0 Å². The fourth-order valence-corrected chi connectivity index (χ4v) is 2.65. The molecule has 0 amide bonds. The minimum atomic E-state index is 0.264. The Balaban J connectivity index is 2.23. The summed E-state index contributed by atoms with van der Waals surface area (Å²) in [5.74, 6) is 0. The fourth-order valence-electron chi connectivity index (χ4n) is 2.29.